The van der Waals surface area contributed by atoms with Gasteiger partial charge in [0.2, 0.25) is 5.91 Å². The number of benzene rings is 2. The highest BCUT2D eigenvalue weighted by molar-refractivity contribution is 6.04. The van der Waals surface area contributed by atoms with Gasteiger partial charge >= 0.3 is 0 Å². The molecule has 1 atom stereocenters. The number of rotatable bonds is 7. The van der Waals surface area contributed by atoms with Gasteiger partial charge in [-0.25, -0.2) is 0 Å². The maximum Gasteiger partial charge on any atom is 0.255 e. The SMILES string of the molecule is CCOc1ccc(NC(=O)c2ccc(NC(=O)C(C)CN)cc2)cc1. The molecule has 0 saturated heterocycles. The lowest BCUT2D eigenvalue weighted by Crippen LogP contribution is -2.26. The molecule has 0 bridgehead atoms. The molecule has 0 saturated carbocycles. The molecule has 0 radical (unpaired) electrons. The largest absolute Gasteiger partial charge is 0.494 e. The van der Waals surface area contributed by atoms with Crippen LogP contribution in [0.25, 0.3) is 0 Å². The Balaban J connectivity index is 1.96. The van der Waals surface area contributed by atoms with Gasteiger partial charge in [0.1, 0.15) is 5.75 Å². The molecule has 4 N–H and O–H groups in total. The summed E-state index contributed by atoms with van der Waals surface area (Å²) in [5, 5.41) is 5.58. The lowest BCUT2D eigenvalue weighted by molar-refractivity contribution is -0.119. The van der Waals surface area contributed by atoms with Crippen molar-refractivity contribution in [3.63, 3.8) is 0 Å². The van der Waals surface area contributed by atoms with E-state index >= 15 is 0 Å². The molecule has 0 fully saturated rings. The number of carbonyl (C=O) groups is 2. The Morgan fingerprint density at radius 2 is 1.56 bits per heavy atom. The van der Waals surface area contributed by atoms with Crippen molar-refractivity contribution in [3.8, 4) is 5.75 Å². The molecule has 0 aliphatic rings. The Hall–Kier alpha value is -2.86. The Labute approximate surface area is 147 Å². The van der Waals surface area contributed by atoms with Crippen LogP contribution in [0.15, 0.2) is 48.5 Å². The minimum Gasteiger partial charge on any atom is -0.494 e. The molecule has 2 rings (SSSR count). The van der Waals surface area contributed by atoms with Gasteiger partial charge in [-0.2, -0.15) is 0 Å². The van der Waals surface area contributed by atoms with Crippen LogP contribution in [0.1, 0.15) is 24.2 Å². The average Bonchev–Trinajstić information content (AvgIpc) is 2.63. The van der Waals surface area contributed by atoms with E-state index in [1.54, 1.807) is 55.5 Å². The molecule has 0 heterocycles. The van der Waals surface area contributed by atoms with Crippen molar-refractivity contribution in [2.24, 2.45) is 11.7 Å². The van der Waals surface area contributed by atoms with E-state index in [0.29, 0.717) is 23.5 Å². The summed E-state index contributed by atoms with van der Waals surface area (Å²) < 4.78 is 5.37. The first-order valence-electron chi connectivity index (χ1n) is 8.18. The molecule has 0 aliphatic carbocycles. The number of anilines is 2. The minimum atomic E-state index is -0.261. The molecule has 0 aromatic heterocycles. The van der Waals surface area contributed by atoms with Gasteiger partial charge in [0.25, 0.3) is 5.91 Å². The van der Waals surface area contributed by atoms with E-state index in [1.807, 2.05) is 6.92 Å². The summed E-state index contributed by atoms with van der Waals surface area (Å²) in [6.07, 6.45) is 0. The predicted octanol–water partition coefficient (Wildman–Crippen LogP) is 2.87. The van der Waals surface area contributed by atoms with Crippen molar-refractivity contribution >= 4 is 23.2 Å². The summed E-state index contributed by atoms with van der Waals surface area (Å²) in [5.74, 6) is 0.126. The fourth-order valence-electron chi connectivity index (χ4n) is 2.08. The van der Waals surface area contributed by atoms with Crippen LogP contribution in [0.3, 0.4) is 0 Å². The van der Waals surface area contributed by atoms with E-state index in [9.17, 15) is 9.59 Å². The fraction of sp³-hybridized carbons (Fsp3) is 0.263. The Morgan fingerprint density at radius 1 is 1.00 bits per heavy atom. The third kappa shape index (κ3) is 5.32. The predicted molar refractivity (Wildman–Crippen MR) is 98.9 cm³/mol. The molecule has 6 nitrogen and oxygen atoms in total. The first-order valence-corrected chi connectivity index (χ1v) is 8.18. The van der Waals surface area contributed by atoms with Gasteiger partial charge in [0.15, 0.2) is 0 Å². The van der Waals surface area contributed by atoms with Crippen LogP contribution >= 0.6 is 0 Å². The fourth-order valence-corrected chi connectivity index (χ4v) is 2.08. The number of amides is 2. The van der Waals surface area contributed by atoms with Gasteiger partial charge in [-0.05, 0) is 55.5 Å². The van der Waals surface area contributed by atoms with Crippen molar-refractivity contribution in [1.29, 1.82) is 0 Å². The second-order valence-corrected chi connectivity index (χ2v) is 5.61. The van der Waals surface area contributed by atoms with Gasteiger partial charge in [-0.3, -0.25) is 9.59 Å². The number of nitrogens with one attached hydrogen (secondary N) is 2. The summed E-state index contributed by atoms with van der Waals surface area (Å²) in [7, 11) is 0. The Kier molecular flexibility index (Phi) is 6.54. The van der Waals surface area contributed by atoms with Crippen LogP contribution < -0.4 is 21.1 Å². The molecule has 0 spiro atoms. The van der Waals surface area contributed by atoms with Crippen molar-refractivity contribution in [1.82, 2.24) is 0 Å². The second-order valence-electron chi connectivity index (χ2n) is 5.61. The maximum absolute atomic E-state index is 12.3. The smallest absolute Gasteiger partial charge is 0.255 e. The zero-order valence-electron chi connectivity index (χ0n) is 14.4. The number of carbonyl (C=O) groups excluding carboxylic acids is 2. The molecular formula is C19H23N3O3. The molecule has 2 aromatic carbocycles. The maximum atomic E-state index is 12.3. The number of nitrogens with two attached hydrogens (primary N) is 1. The first kappa shape index (κ1) is 18.5. The van der Waals surface area contributed by atoms with Gasteiger partial charge in [0.05, 0.1) is 6.61 Å². The Morgan fingerprint density at radius 3 is 2.12 bits per heavy atom. The summed E-state index contributed by atoms with van der Waals surface area (Å²) >= 11 is 0. The lowest BCUT2D eigenvalue weighted by Gasteiger charge is -2.11. The van der Waals surface area contributed by atoms with Crippen LogP contribution in [-0.4, -0.2) is 25.0 Å². The van der Waals surface area contributed by atoms with Crippen molar-refractivity contribution in [2.75, 3.05) is 23.8 Å². The number of hydrogen-bond donors (Lipinski definition) is 3. The second kappa shape index (κ2) is 8.84. The van der Waals surface area contributed by atoms with E-state index in [4.69, 9.17) is 10.5 Å². The van der Waals surface area contributed by atoms with Crippen molar-refractivity contribution in [3.05, 3.63) is 54.1 Å². The van der Waals surface area contributed by atoms with Crippen molar-refractivity contribution in [2.45, 2.75) is 13.8 Å². The Bertz CT molecular complexity index is 712. The highest BCUT2D eigenvalue weighted by atomic mass is 16.5. The molecule has 2 amide bonds. The molecule has 132 valence electrons. The summed E-state index contributed by atoms with van der Waals surface area (Å²) in [6, 6.07) is 13.9. The van der Waals surface area contributed by atoms with Crippen LogP contribution in [0.4, 0.5) is 11.4 Å². The highest BCUT2D eigenvalue weighted by Gasteiger charge is 2.11. The monoisotopic (exact) mass is 341 g/mol. The van der Waals surface area contributed by atoms with Crippen molar-refractivity contribution < 1.29 is 14.3 Å². The highest BCUT2D eigenvalue weighted by Crippen LogP contribution is 2.17. The molecule has 2 aromatic rings. The number of hydrogen-bond acceptors (Lipinski definition) is 4. The van der Waals surface area contributed by atoms with Gasteiger partial charge in [0, 0.05) is 29.4 Å². The van der Waals surface area contributed by atoms with Crippen LogP contribution in [0.2, 0.25) is 0 Å². The summed E-state index contributed by atoms with van der Waals surface area (Å²) in [6.45, 7) is 4.56. The minimum absolute atomic E-state index is 0.144. The van der Waals surface area contributed by atoms with Gasteiger partial charge in [-0.1, -0.05) is 6.92 Å². The summed E-state index contributed by atoms with van der Waals surface area (Å²) in [4.78, 5) is 24.1. The third-order valence-electron chi connectivity index (χ3n) is 3.64. The van der Waals surface area contributed by atoms with E-state index in [0.717, 1.165) is 5.75 Å². The molecule has 25 heavy (non-hydrogen) atoms. The zero-order valence-corrected chi connectivity index (χ0v) is 14.4. The van der Waals surface area contributed by atoms with E-state index in [1.165, 1.54) is 0 Å². The van der Waals surface area contributed by atoms with E-state index in [-0.39, 0.29) is 24.3 Å². The first-order chi connectivity index (χ1) is 12.0. The molecular weight excluding hydrogens is 318 g/mol. The van der Waals surface area contributed by atoms with Gasteiger partial charge in [-0.15, -0.1) is 0 Å². The zero-order chi connectivity index (χ0) is 18.2. The van der Waals surface area contributed by atoms with E-state index < -0.39 is 0 Å². The average molecular weight is 341 g/mol. The molecule has 1 unspecified atom stereocenters. The normalized spacial score (nSPS) is 11.5. The quantitative estimate of drug-likeness (QED) is 0.722. The topological polar surface area (TPSA) is 93.5 Å². The number of ether oxygens (including phenoxy) is 1. The van der Waals surface area contributed by atoms with Crippen LogP contribution in [-0.2, 0) is 4.79 Å². The molecule has 0 aliphatic heterocycles. The van der Waals surface area contributed by atoms with Gasteiger partial charge < -0.3 is 21.1 Å². The summed E-state index contributed by atoms with van der Waals surface area (Å²) in [5.41, 5.74) is 7.28. The molecule has 6 heteroatoms. The lowest BCUT2D eigenvalue weighted by atomic mass is 10.1. The van der Waals surface area contributed by atoms with Crippen LogP contribution in [0, 0.1) is 5.92 Å². The standard InChI is InChI=1S/C19H23N3O3/c1-3-25-17-10-8-16(9-11-17)22-19(24)14-4-6-15(7-5-14)21-18(23)13(2)12-20/h4-11,13H,3,12,20H2,1-2H3,(H,21,23)(H,22,24). The van der Waals surface area contributed by atoms with E-state index in [2.05, 4.69) is 10.6 Å². The van der Waals surface area contributed by atoms with Crippen LogP contribution in [0.5, 0.6) is 5.75 Å². The third-order valence-corrected chi connectivity index (χ3v) is 3.64.